The maximum absolute atomic E-state index is 7.90. The Morgan fingerprint density at radius 3 is 2.27 bits per heavy atom. The summed E-state index contributed by atoms with van der Waals surface area (Å²) >= 11 is 0.0868. The number of thiocyanates is 2. The number of imidazole rings is 1. The standard InChI is InChI=1S/C6H11N2.C2N2S2Se/c1-3-8-5-4-7(2)6-8;3-1-5-7-6-2-4/h4-6H,3H2,1-2H3;/q+1;. The molecule has 0 aliphatic rings. The van der Waals surface area contributed by atoms with Crippen LogP contribution in [0.5, 0.6) is 0 Å². The molecule has 0 bridgehead atoms. The van der Waals surface area contributed by atoms with Gasteiger partial charge in [-0.1, -0.05) is 0 Å². The normalized spacial score (nSPS) is 8.27. The van der Waals surface area contributed by atoms with Gasteiger partial charge in [0.05, 0.1) is 13.6 Å². The van der Waals surface area contributed by atoms with Gasteiger partial charge in [-0.25, -0.2) is 9.13 Å². The molecule has 0 atom stereocenters. The number of aryl methyl sites for hydroxylation is 2. The third-order valence-electron chi connectivity index (χ3n) is 1.33. The Bertz CT molecular complexity index is 338. The summed E-state index contributed by atoms with van der Waals surface area (Å²) in [5.41, 5.74) is 0. The van der Waals surface area contributed by atoms with Gasteiger partial charge in [-0.05, 0) is 6.92 Å². The number of aromatic nitrogens is 2. The van der Waals surface area contributed by atoms with Crippen LogP contribution in [0.2, 0.25) is 0 Å². The molecule has 4 nitrogen and oxygen atoms in total. The summed E-state index contributed by atoms with van der Waals surface area (Å²) in [6.45, 7) is 3.18. The van der Waals surface area contributed by atoms with Crippen molar-refractivity contribution in [1.29, 1.82) is 10.5 Å². The van der Waals surface area contributed by atoms with Crippen molar-refractivity contribution in [2.75, 3.05) is 0 Å². The fourth-order valence-corrected chi connectivity index (χ4v) is 2.91. The van der Waals surface area contributed by atoms with Crippen molar-refractivity contribution < 1.29 is 4.57 Å². The van der Waals surface area contributed by atoms with E-state index in [0.717, 1.165) is 26.9 Å². The molecule has 7 heteroatoms. The molecule has 0 spiro atoms. The molecule has 0 amide bonds. The predicted octanol–water partition coefficient (Wildman–Crippen LogP) is 1.28. The summed E-state index contributed by atoms with van der Waals surface area (Å²) in [5.74, 6) is 0. The zero-order chi connectivity index (χ0) is 11.5. The molecule has 0 aliphatic heterocycles. The Morgan fingerprint density at radius 1 is 1.40 bits per heavy atom. The Morgan fingerprint density at radius 2 is 2.00 bits per heavy atom. The van der Waals surface area contributed by atoms with Gasteiger partial charge in [-0.3, -0.25) is 0 Å². The van der Waals surface area contributed by atoms with E-state index >= 15 is 0 Å². The van der Waals surface area contributed by atoms with Crippen LogP contribution in [0.1, 0.15) is 6.92 Å². The predicted molar refractivity (Wildman–Crippen MR) is 63.4 cm³/mol. The van der Waals surface area contributed by atoms with Crippen molar-refractivity contribution in [1.82, 2.24) is 4.57 Å². The molecular formula is C8H11N4S2Se+. The first kappa shape index (κ1) is 14.4. The van der Waals surface area contributed by atoms with Crippen LogP contribution in [-0.4, -0.2) is 17.3 Å². The number of nitrogens with zero attached hydrogens (tertiary/aromatic N) is 4. The van der Waals surface area contributed by atoms with Crippen LogP contribution in [0, 0.1) is 21.3 Å². The summed E-state index contributed by atoms with van der Waals surface area (Å²) in [6, 6.07) is 0. The van der Waals surface area contributed by atoms with Crippen molar-refractivity contribution in [3.8, 4) is 10.8 Å². The molecule has 0 aromatic carbocycles. The van der Waals surface area contributed by atoms with Gasteiger partial charge in [0, 0.05) is 0 Å². The maximum atomic E-state index is 7.90. The first-order valence-corrected chi connectivity index (χ1v) is 9.70. The zero-order valence-corrected chi connectivity index (χ0v) is 11.8. The van der Waals surface area contributed by atoms with Crippen molar-refractivity contribution in [2.45, 2.75) is 13.5 Å². The molecule has 0 unspecified atom stereocenters. The average Bonchev–Trinajstić information content (AvgIpc) is 2.66. The third kappa shape index (κ3) is 8.41. The first-order valence-electron chi connectivity index (χ1n) is 4.03. The Balaban J connectivity index is 0.000000265. The quantitative estimate of drug-likeness (QED) is 0.365. The Hall–Kier alpha value is -0.591. The van der Waals surface area contributed by atoms with Crippen LogP contribution in [0.3, 0.4) is 0 Å². The van der Waals surface area contributed by atoms with E-state index in [9.17, 15) is 0 Å². The molecule has 15 heavy (non-hydrogen) atoms. The summed E-state index contributed by atoms with van der Waals surface area (Å²) in [4.78, 5) is 0. The number of hydrogen-bond acceptors (Lipinski definition) is 4. The van der Waals surface area contributed by atoms with Gasteiger partial charge in [0.25, 0.3) is 0 Å². The topological polar surface area (TPSA) is 56.4 Å². The van der Waals surface area contributed by atoms with E-state index in [1.807, 2.05) is 28.6 Å². The second-order valence-corrected chi connectivity index (χ2v) is 8.24. The zero-order valence-electron chi connectivity index (χ0n) is 8.45. The first-order chi connectivity index (χ1) is 7.24. The number of nitriles is 2. The van der Waals surface area contributed by atoms with Gasteiger partial charge in [-0.2, -0.15) is 0 Å². The van der Waals surface area contributed by atoms with E-state index in [4.69, 9.17) is 10.5 Å². The van der Waals surface area contributed by atoms with Crippen LogP contribution >= 0.6 is 20.4 Å². The summed E-state index contributed by atoms with van der Waals surface area (Å²) < 4.78 is 4.16. The van der Waals surface area contributed by atoms with Crippen molar-refractivity contribution >= 4 is 33.1 Å². The van der Waals surface area contributed by atoms with Crippen LogP contribution < -0.4 is 4.57 Å². The van der Waals surface area contributed by atoms with E-state index in [-0.39, 0.29) is 12.7 Å². The van der Waals surface area contributed by atoms with Crippen LogP contribution in [0.25, 0.3) is 0 Å². The SMILES string of the molecule is CCn1cc[n+](C)c1.N#CS[Se]SC#N. The molecule has 0 saturated carbocycles. The summed E-state index contributed by atoms with van der Waals surface area (Å²) in [5, 5.41) is 19.5. The van der Waals surface area contributed by atoms with Crippen molar-refractivity contribution in [3.63, 3.8) is 0 Å². The van der Waals surface area contributed by atoms with E-state index in [2.05, 4.69) is 24.0 Å². The molecule has 0 radical (unpaired) electrons. The molecule has 0 saturated heterocycles. The van der Waals surface area contributed by atoms with Crippen LogP contribution in [0.15, 0.2) is 18.7 Å². The molecule has 1 aromatic rings. The van der Waals surface area contributed by atoms with E-state index in [1.54, 1.807) is 0 Å². The van der Waals surface area contributed by atoms with Gasteiger partial charge >= 0.3 is 54.4 Å². The number of hydrogen-bond donors (Lipinski definition) is 0. The average molecular weight is 306 g/mol. The van der Waals surface area contributed by atoms with Crippen molar-refractivity contribution in [2.24, 2.45) is 7.05 Å². The van der Waals surface area contributed by atoms with E-state index < -0.39 is 0 Å². The minimum absolute atomic E-state index is 0.0868. The van der Waals surface area contributed by atoms with Gasteiger partial charge in [0.2, 0.25) is 6.33 Å². The molecular weight excluding hydrogens is 295 g/mol. The number of rotatable bonds is 3. The molecule has 0 fully saturated rings. The second-order valence-electron chi connectivity index (χ2n) is 2.33. The molecule has 1 heterocycles. The fraction of sp³-hybridized carbons (Fsp3) is 0.375. The third-order valence-corrected chi connectivity index (χ3v) is 5.53. The molecule has 1 aromatic heterocycles. The second kappa shape index (κ2) is 9.95. The van der Waals surface area contributed by atoms with Gasteiger partial charge in [0.15, 0.2) is 0 Å². The molecule has 0 N–H and O–H groups in total. The molecule has 1 rings (SSSR count). The Kier molecular flexibility index (Phi) is 9.55. The van der Waals surface area contributed by atoms with Crippen LogP contribution in [0.4, 0.5) is 0 Å². The van der Waals surface area contributed by atoms with Crippen LogP contribution in [-0.2, 0) is 13.6 Å². The monoisotopic (exact) mass is 307 g/mol. The fourth-order valence-electron chi connectivity index (χ4n) is 0.736. The summed E-state index contributed by atoms with van der Waals surface area (Å²) in [6.07, 6.45) is 6.14. The van der Waals surface area contributed by atoms with Gasteiger partial charge in [0.1, 0.15) is 12.4 Å². The Labute approximate surface area is 103 Å². The minimum atomic E-state index is 0.0868. The van der Waals surface area contributed by atoms with E-state index in [0.29, 0.717) is 0 Å². The van der Waals surface area contributed by atoms with Gasteiger partial charge in [-0.15, -0.1) is 0 Å². The van der Waals surface area contributed by atoms with E-state index in [1.165, 1.54) is 0 Å². The molecule has 0 aliphatic carbocycles. The van der Waals surface area contributed by atoms with Crippen molar-refractivity contribution in [3.05, 3.63) is 18.7 Å². The summed E-state index contributed by atoms with van der Waals surface area (Å²) in [7, 11) is 4.30. The van der Waals surface area contributed by atoms with Gasteiger partial charge < -0.3 is 0 Å². The molecule has 80 valence electrons.